The molecule has 0 aliphatic carbocycles. The van der Waals surface area contributed by atoms with Crippen LogP contribution in [-0.2, 0) is 6.42 Å². The first-order valence-corrected chi connectivity index (χ1v) is 7.54. The van der Waals surface area contributed by atoms with Gasteiger partial charge in [-0.05, 0) is 53.9 Å². The summed E-state index contributed by atoms with van der Waals surface area (Å²) in [5.41, 5.74) is 1.39. The first-order chi connectivity index (χ1) is 9.99. The van der Waals surface area contributed by atoms with Crippen LogP contribution in [0.5, 0.6) is 0 Å². The van der Waals surface area contributed by atoms with Crippen LogP contribution >= 0.6 is 15.9 Å². The SMILES string of the molecule is CC(C)n1ncc(NCCc2cccc(F)c2)c(Br)c1=O. The number of anilines is 1. The van der Waals surface area contributed by atoms with E-state index in [0.29, 0.717) is 23.1 Å². The standard InChI is InChI=1S/C15H17BrFN3O/c1-10(2)20-15(21)14(16)13(9-19-20)18-7-6-11-4-3-5-12(17)8-11/h3-5,8-10,18H,6-7H2,1-2H3. The number of hydrogen-bond acceptors (Lipinski definition) is 3. The van der Waals surface area contributed by atoms with E-state index in [1.165, 1.54) is 16.8 Å². The highest BCUT2D eigenvalue weighted by Gasteiger charge is 2.10. The van der Waals surface area contributed by atoms with Gasteiger partial charge in [-0.1, -0.05) is 12.1 Å². The quantitative estimate of drug-likeness (QED) is 0.896. The molecule has 0 radical (unpaired) electrons. The van der Waals surface area contributed by atoms with E-state index in [1.54, 1.807) is 12.3 Å². The Morgan fingerprint density at radius 1 is 1.43 bits per heavy atom. The van der Waals surface area contributed by atoms with Gasteiger partial charge in [0.25, 0.3) is 5.56 Å². The van der Waals surface area contributed by atoms with Gasteiger partial charge in [0.15, 0.2) is 0 Å². The van der Waals surface area contributed by atoms with E-state index in [0.717, 1.165) is 5.56 Å². The van der Waals surface area contributed by atoms with Gasteiger partial charge in [0.1, 0.15) is 10.3 Å². The summed E-state index contributed by atoms with van der Waals surface area (Å²) in [4.78, 5) is 12.1. The molecule has 0 spiro atoms. The molecule has 0 aliphatic heterocycles. The lowest BCUT2D eigenvalue weighted by atomic mass is 10.1. The average molecular weight is 354 g/mol. The first kappa shape index (κ1) is 15.7. The van der Waals surface area contributed by atoms with Crippen molar-refractivity contribution in [3.05, 3.63) is 56.7 Å². The Bertz CT molecular complexity index is 685. The van der Waals surface area contributed by atoms with Gasteiger partial charge < -0.3 is 5.32 Å². The lowest BCUT2D eigenvalue weighted by Gasteiger charge is -2.12. The Balaban J connectivity index is 2.04. The van der Waals surface area contributed by atoms with E-state index in [2.05, 4.69) is 26.3 Å². The van der Waals surface area contributed by atoms with Crippen molar-refractivity contribution in [3.63, 3.8) is 0 Å². The van der Waals surface area contributed by atoms with Crippen LogP contribution in [0, 0.1) is 5.82 Å². The molecule has 0 saturated carbocycles. The molecule has 0 atom stereocenters. The maximum Gasteiger partial charge on any atom is 0.283 e. The van der Waals surface area contributed by atoms with Gasteiger partial charge >= 0.3 is 0 Å². The van der Waals surface area contributed by atoms with E-state index < -0.39 is 0 Å². The molecule has 2 rings (SSSR count). The number of halogens is 2. The Hall–Kier alpha value is -1.69. The molecule has 1 N–H and O–H groups in total. The number of nitrogens with one attached hydrogen (secondary N) is 1. The molecular formula is C15H17BrFN3O. The van der Waals surface area contributed by atoms with E-state index in [1.807, 2.05) is 19.9 Å². The third-order valence-electron chi connectivity index (χ3n) is 3.05. The lowest BCUT2D eigenvalue weighted by molar-refractivity contribution is 0.501. The molecule has 0 unspecified atom stereocenters. The predicted molar refractivity (Wildman–Crippen MR) is 85.2 cm³/mol. The molecule has 6 heteroatoms. The molecule has 0 bridgehead atoms. The maximum absolute atomic E-state index is 13.1. The number of rotatable bonds is 5. The van der Waals surface area contributed by atoms with Crippen LogP contribution in [0.3, 0.4) is 0 Å². The average Bonchev–Trinajstić information content (AvgIpc) is 2.43. The maximum atomic E-state index is 13.1. The molecule has 4 nitrogen and oxygen atoms in total. The summed E-state index contributed by atoms with van der Waals surface area (Å²) in [6.45, 7) is 4.39. The predicted octanol–water partition coefficient (Wildman–Crippen LogP) is 3.38. The minimum atomic E-state index is -0.241. The van der Waals surface area contributed by atoms with Crippen molar-refractivity contribution in [2.45, 2.75) is 26.3 Å². The van der Waals surface area contributed by atoms with Crippen molar-refractivity contribution in [1.29, 1.82) is 0 Å². The molecule has 1 aromatic carbocycles. The second-order valence-electron chi connectivity index (χ2n) is 5.02. The summed E-state index contributed by atoms with van der Waals surface area (Å²) in [5, 5.41) is 7.27. The summed E-state index contributed by atoms with van der Waals surface area (Å²) in [7, 11) is 0. The molecule has 1 aromatic heterocycles. The van der Waals surface area contributed by atoms with Crippen molar-refractivity contribution in [3.8, 4) is 0 Å². The topological polar surface area (TPSA) is 46.9 Å². The molecule has 0 saturated heterocycles. The van der Waals surface area contributed by atoms with Crippen molar-refractivity contribution in [2.75, 3.05) is 11.9 Å². The molecule has 0 amide bonds. The highest BCUT2D eigenvalue weighted by molar-refractivity contribution is 9.10. The van der Waals surface area contributed by atoms with E-state index >= 15 is 0 Å². The monoisotopic (exact) mass is 353 g/mol. The van der Waals surface area contributed by atoms with Gasteiger partial charge in [-0.2, -0.15) is 5.10 Å². The molecule has 0 fully saturated rings. The van der Waals surface area contributed by atoms with Gasteiger partial charge in [-0.25, -0.2) is 9.07 Å². The highest BCUT2D eigenvalue weighted by Crippen LogP contribution is 2.17. The Morgan fingerprint density at radius 2 is 2.19 bits per heavy atom. The zero-order valence-electron chi connectivity index (χ0n) is 11.9. The third-order valence-corrected chi connectivity index (χ3v) is 3.82. The van der Waals surface area contributed by atoms with Gasteiger partial charge in [-0.15, -0.1) is 0 Å². The van der Waals surface area contributed by atoms with Gasteiger partial charge in [0.05, 0.1) is 17.9 Å². The smallest absolute Gasteiger partial charge is 0.283 e. The summed E-state index contributed by atoms with van der Waals surface area (Å²) in [5.74, 6) is -0.241. The zero-order valence-corrected chi connectivity index (χ0v) is 13.5. The summed E-state index contributed by atoms with van der Waals surface area (Å²) in [6, 6.07) is 6.49. The molecule has 1 heterocycles. The number of benzene rings is 1. The highest BCUT2D eigenvalue weighted by atomic mass is 79.9. The fourth-order valence-corrected chi connectivity index (χ4v) is 2.39. The van der Waals surface area contributed by atoms with Crippen LogP contribution in [-0.4, -0.2) is 16.3 Å². The van der Waals surface area contributed by atoms with Crippen LogP contribution in [0.4, 0.5) is 10.1 Å². The van der Waals surface area contributed by atoms with Gasteiger partial charge in [-0.3, -0.25) is 4.79 Å². The van der Waals surface area contributed by atoms with Crippen LogP contribution in [0.15, 0.2) is 39.7 Å². The van der Waals surface area contributed by atoms with Crippen LogP contribution in [0.1, 0.15) is 25.5 Å². The summed E-state index contributed by atoms with van der Waals surface area (Å²) in [6.07, 6.45) is 2.29. The van der Waals surface area contributed by atoms with Crippen molar-refractivity contribution >= 4 is 21.6 Å². The van der Waals surface area contributed by atoms with Gasteiger partial charge in [0.2, 0.25) is 0 Å². The minimum absolute atomic E-state index is 0.00939. The lowest BCUT2D eigenvalue weighted by Crippen LogP contribution is -2.26. The summed E-state index contributed by atoms with van der Waals surface area (Å²) < 4.78 is 15.0. The van der Waals surface area contributed by atoms with E-state index in [-0.39, 0.29) is 17.4 Å². The minimum Gasteiger partial charge on any atom is -0.382 e. The summed E-state index contributed by atoms with van der Waals surface area (Å²) >= 11 is 3.30. The number of aromatic nitrogens is 2. The zero-order chi connectivity index (χ0) is 15.4. The second kappa shape index (κ2) is 6.85. The molecule has 2 aromatic rings. The van der Waals surface area contributed by atoms with Crippen molar-refractivity contribution < 1.29 is 4.39 Å². The molecule has 21 heavy (non-hydrogen) atoms. The van der Waals surface area contributed by atoms with E-state index in [4.69, 9.17) is 0 Å². The largest absolute Gasteiger partial charge is 0.382 e. The Morgan fingerprint density at radius 3 is 2.86 bits per heavy atom. The number of hydrogen-bond donors (Lipinski definition) is 1. The van der Waals surface area contributed by atoms with Gasteiger partial charge in [0, 0.05) is 6.54 Å². The van der Waals surface area contributed by atoms with E-state index in [9.17, 15) is 9.18 Å². The van der Waals surface area contributed by atoms with Crippen molar-refractivity contribution in [1.82, 2.24) is 9.78 Å². The normalized spacial score (nSPS) is 10.9. The van der Waals surface area contributed by atoms with Crippen molar-refractivity contribution in [2.24, 2.45) is 0 Å². The number of nitrogens with zero attached hydrogens (tertiary/aromatic N) is 2. The van der Waals surface area contributed by atoms with Crippen LogP contribution in [0.2, 0.25) is 0 Å². The second-order valence-corrected chi connectivity index (χ2v) is 5.82. The third kappa shape index (κ3) is 3.91. The van der Waals surface area contributed by atoms with Crippen LogP contribution < -0.4 is 10.9 Å². The fourth-order valence-electron chi connectivity index (χ4n) is 1.97. The molecule has 0 aliphatic rings. The Labute approximate surface area is 131 Å². The molecular weight excluding hydrogens is 337 g/mol. The molecule has 112 valence electrons. The first-order valence-electron chi connectivity index (χ1n) is 6.74. The fraction of sp³-hybridized carbons (Fsp3) is 0.333. The van der Waals surface area contributed by atoms with Crippen LogP contribution in [0.25, 0.3) is 0 Å². The Kier molecular flexibility index (Phi) is 5.12.